The highest BCUT2D eigenvalue weighted by Gasteiger charge is 2.56. The minimum absolute atomic E-state index is 0.145. The first-order valence-electron chi connectivity index (χ1n) is 11.1. The number of hydrogen-bond acceptors (Lipinski definition) is 1. The van der Waals surface area contributed by atoms with Gasteiger partial charge in [0.15, 0.2) is 0 Å². The van der Waals surface area contributed by atoms with Crippen molar-refractivity contribution in [3.8, 4) is 0 Å². The summed E-state index contributed by atoms with van der Waals surface area (Å²) in [6.07, 6.45) is -3.30. The van der Waals surface area contributed by atoms with Crippen LogP contribution in [0, 0.1) is 6.92 Å². The summed E-state index contributed by atoms with van der Waals surface area (Å²) in [4.78, 5) is 2.39. The second-order valence-corrected chi connectivity index (χ2v) is 16.9. The smallest absolute Gasteiger partial charge is 0.359 e. The molecule has 1 saturated heterocycles. The first-order valence-corrected chi connectivity index (χ1v) is 14.2. The maximum Gasteiger partial charge on any atom is 0.416 e. The summed E-state index contributed by atoms with van der Waals surface area (Å²) >= 11 is 0. The standard InChI is InChI=1S/C26H36F3NSi/c1-18-9-11-19(12-10-18)22-17-23(31(7,8)24(2,3)4)25(5,6)30(22)21-15-13-20(14-16-21)26(27,28)29/h9-16,22-23H,17H2,1-8H3/t22-,23+/m0/s1. The van der Waals surface area contributed by atoms with Gasteiger partial charge in [-0.15, -0.1) is 0 Å². The lowest BCUT2D eigenvalue weighted by atomic mass is 10.00. The van der Waals surface area contributed by atoms with Gasteiger partial charge in [-0.1, -0.05) is 63.7 Å². The van der Waals surface area contributed by atoms with Crippen LogP contribution in [0.25, 0.3) is 0 Å². The largest absolute Gasteiger partial charge is 0.416 e. The minimum Gasteiger partial charge on any atom is -0.359 e. The third-order valence-electron chi connectivity index (χ3n) is 7.98. The summed E-state index contributed by atoms with van der Waals surface area (Å²) in [6.45, 7) is 18.6. The molecule has 1 nitrogen and oxygen atoms in total. The SMILES string of the molecule is Cc1ccc([C@@H]2C[C@@H]([Si](C)(C)C(C)(C)C)C(C)(C)N2c2ccc(C(F)(F)F)cc2)cc1. The molecule has 2 aromatic carbocycles. The van der Waals surface area contributed by atoms with Gasteiger partial charge in [-0.05, 0) is 67.6 Å². The van der Waals surface area contributed by atoms with E-state index in [9.17, 15) is 13.2 Å². The number of rotatable bonds is 3. The van der Waals surface area contributed by atoms with Crippen LogP contribution in [0.3, 0.4) is 0 Å². The molecule has 0 aromatic heterocycles. The Morgan fingerprint density at radius 1 is 0.903 bits per heavy atom. The number of nitrogens with zero attached hydrogens (tertiary/aromatic N) is 1. The van der Waals surface area contributed by atoms with Crippen molar-refractivity contribution in [3.63, 3.8) is 0 Å². The molecule has 0 spiro atoms. The highest BCUT2D eigenvalue weighted by molar-refractivity contribution is 6.81. The molecule has 0 radical (unpaired) electrons. The fourth-order valence-corrected chi connectivity index (χ4v) is 9.05. The molecular weight excluding hydrogens is 411 g/mol. The van der Waals surface area contributed by atoms with Gasteiger partial charge in [-0.2, -0.15) is 13.2 Å². The van der Waals surface area contributed by atoms with Gasteiger partial charge in [0.1, 0.15) is 0 Å². The average Bonchev–Trinajstić information content (AvgIpc) is 2.92. The molecule has 3 rings (SSSR count). The molecule has 2 aromatic rings. The molecule has 2 atom stereocenters. The highest BCUT2D eigenvalue weighted by Crippen LogP contribution is 2.60. The van der Waals surface area contributed by atoms with Crippen LogP contribution in [0.2, 0.25) is 23.7 Å². The van der Waals surface area contributed by atoms with Crippen molar-refractivity contribution in [1.82, 2.24) is 0 Å². The van der Waals surface area contributed by atoms with Crippen molar-refractivity contribution in [2.45, 2.75) is 89.4 Å². The minimum atomic E-state index is -4.32. The van der Waals surface area contributed by atoms with E-state index in [1.807, 2.05) is 0 Å². The van der Waals surface area contributed by atoms with E-state index in [1.165, 1.54) is 23.3 Å². The Morgan fingerprint density at radius 3 is 1.87 bits per heavy atom. The summed E-state index contributed by atoms with van der Waals surface area (Å²) in [5.74, 6) is 0. The molecule has 0 amide bonds. The Balaban J connectivity index is 2.12. The van der Waals surface area contributed by atoms with Crippen molar-refractivity contribution >= 4 is 13.8 Å². The van der Waals surface area contributed by atoms with Crippen molar-refractivity contribution in [2.24, 2.45) is 0 Å². The van der Waals surface area contributed by atoms with E-state index in [0.29, 0.717) is 5.54 Å². The third-order valence-corrected chi connectivity index (χ3v) is 14.5. The molecule has 31 heavy (non-hydrogen) atoms. The zero-order chi connectivity index (χ0) is 23.4. The highest BCUT2D eigenvalue weighted by atomic mass is 28.3. The first-order chi connectivity index (χ1) is 14.1. The van der Waals surface area contributed by atoms with Crippen LogP contribution in [0.4, 0.5) is 18.9 Å². The predicted octanol–water partition coefficient (Wildman–Crippen LogP) is 8.62. The van der Waals surface area contributed by atoms with Gasteiger partial charge in [0.2, 0.25) is 0 Å². The summed E-state index contributed by atoms with van der Waals surface area (Å²) in [6, 6.07) is 14.5. The van der Waals surface area contributed by atoms with Crippen LogP contribution in [0.1, 0.15) is 63.8 Å². The van der Waals surface area contributed by atoms with Crippen molar-refractivity contribution in [1.29, 1.82) is 0 Å². The van der Waals surface area contributed by atoms with Gasteiger partial charge in [0, 0.05) is 11.2 Å². The van der Waals surface area contributed by atoms with E-state index in [1.54, 1.807) is 12.1 Å². The second kappa shape index (κ2) is 7.68. The van der Waals surface area contributed by atoms with Gasteiger partial charge >= 0.3 is 6.18 Å². The van der Waals surface area contributed by atoms with Gasteiger partial charge in [0.25, 0.3) is 0 Å². The Bertz CT molecular complexity index is 906. The molecule has 5 heteroatoms. The molecule has 0 aliphatic carbocycles. The molecule has 170 valence electrons. The van der Waals surface area contributed by atoms with Crippen LogP contribution < -0.4 is 4.90 Å². The molecule has 1 heterocycles. The average molecular weight is 448 g/mol. The summed E-state index contributed by atoms with van der Waals surface area (Å²) in [5.41, 5.74) is 3.04. The second-order valence-electron chi connectivity index (χ2n) is 11.3. The molecule has 0 unspecified atom stereocenters. The summed E-state index contributed by atoms with van der Waals surface area (Å²) in [7, 11) is -1.73. The molecule has 0 N–H and O–H groups in total. The van der Waals surface area contributed by atoms with Crippen molar-refractivity contribution in [3.05, 3.63) is 65.2 Å². The van der Waals surface area contributed by atoms with Gasteiger partial charge in [-0.3, -0.25) is 0 Å². The van der Waals surface area contributed by atoms with Crippen molar-refractivity contribution in [2.75, 3.05) is 4.90 Å². The van der Waals surface area contributed by atoms with Crippen LogP contribution in [0.5, 0.6) is 0 Å². The van der Waals surface area contributed by atoms with E-state index < -0.39 is 19.8 Å². The lowest BCUT2D eigenvalue weighted by Crippen LogP contribution is -2.52. The lowest BCUT2D eigenvalue weighted by Gasteiger charge is -2.49. The van der Waals surface area contributed by atoms with Crippen molar-refractivity contribution < 1.29 is 13.2 Å². The molecular formula is C26H36F3NSi. The Labute approximate surface area is 186 Å². The van der Waals surface area contributed by atoms with E-state index in [-0.39, 0.29) is 16.6 Å². The normalized spacial score (nSPS) is 22.1. The Hall–Kier alpha value is -1.75. The zero-order valence-corrected chi connectivity index (χ0v) is 21.1. The number of anilines is 1. The molecule has 0 saturated carbocycles. The number of alkyl halides is 3. The molecule has 1 aliphatic heterocycles. The Morgan fingerprint density at radius 2 is 1.42 bits per heavy atom. The molecule has 1 fully saturated rings. The molecule has 1 aliphatic rings. The number of halogens is 3. The third kappa shape index (κ3) is 4.30. The van der Waals surface area contributed by atoms with Gasteiger partial charge in [-0.25, -0.2) is 0 Å². The number of benzene rings is 2. The monoisotopic (exact) mass is 447 g/mol. The zero-order valence-electron chi connectivity index (χ0n) is 20.1. The van der Waals surface area contributed by atoms with E-state index in [4.69, 9.17) is 0 Å². The van der Waals surface area contributed by atoms with E-state index >= 15 is 0 Å². The fraction of sp³-hybridized carbons (Fsp3) is 0.538. The lowest BCUT2D eigenvalue weighted by molar-refractivity contribution is -0.137. The van der Waals surface area contributed by atoms with Crippen LogP contribution >= 0.6 is 0 Å². The molecule has 0 bridgehead atoms. The van der Waals surface area contributed by atoms with Crippen LogP contribution in [-0.4, -0.2) is 13.6 Å². The maximum atomic E-state index is 13.2. The topological polar surface area (TPSA) is 3.24 Å². The number of aryl methyl sites for hydroxylation is 1. The Kier molecular flexibility index (Phi) is 5.92. The fourth-order valence-electron chi connectivity index (χ4n) is 5.28. The summed E-state index contributed by atoms with van der Waals surface area (Å²) < 4.78 is 39.5. The van der Waals surface area contributed by atoms with Gasteiger partial charge < -0.3 is 4.90 Å². The van der Waals surface area contributed by atoms with Gasteiger partial charge in [0.05, 0.1) is 19.7 Å². The first kappa shape index (κ1) is 23.9. The quantitative estimate of drug-likeness (QED) is 0.426. The number of hydrogen-bond donors (Lipinski definition) is 0. The predicted molar refractivity (Wildman–Crippen MR) is 127 cm³/mol. The van der Waals surface area contributed by atoms with Crippen LogP contribution in [0.15, 0.2) is 48.5 Å². The summed E-state index contributed by atoms with van der Waals surface area (Å²) in [5, 5.41) is 0.225. The van der Waals surface area contributed by atoms with Crippen LogP contribution in [-0.2, 0) is 6.18 Å². The van der Waals surface area contributed by atoms with E-state index in [2.05, 4.69) is 83.8 Å². The van der Waals surface area contributed by atoms with E-state index in [0.717, 1.165) is 12.1 Å². The maximum absolute atomic E-state index is 13.2.